The minimum absolute atomic E-state index is 0.00764. The van der Waals surface area contributed by atoms with E-state index in [1.807, 2.05) is 38.1 Å². The van der Waals surface area contributed by atoms with E-state index in [9.17, 15) is 9.59 Å². The highest BCUT2D eigenvalue weighted by Crippen LogP contribution is 2.38. The number of nitrogens with zero attached hydrogens (tertiary/aromatic N) is 1. The van der Waals surface area contributed by atoms with Gasteiger partial charge in [0.15, 0.2) is 0 Å². The Hall–Kier alpha value is -3.40. The van der Waals surface area contributed by atoms with Gasteiger partial charge in [-0.1, -0.05) is 42.5 Å². The molecule has 0 aromatic heterocycles. The van der Waals surface area contributed by atoms with Crippen LogP contribution in [0.5, 0.6) is 0 Å². The molecule has 3 aromatic rings. The number of nitrogens with one attached hydrogen (secondary N) is 1. The first kappa shape index (κ1) is 18.6. The van der Waals surface area contributed by atoms with Crippen LogP contribution in [-0.2, 0) is 16.0 Å². The molecular weight excluding hydrogens is 372 g/mol. The van der Waals surface area contributed by atoms with Gasteiger partial charge in [-0.05, 0) is 71.8 Å². The molecule has 3 aromatic carbocycles. The number of carbonyl (C=O) groups excluding carboxylic acids is 2. The third-order valence-corrected chi connectivity index (χ3v) is 6.21. The summed E-state index contributed by atoms with van der Waals surface area (Å²) in [6.07, 6.45) is 1.13. The van der Waals surface area contributed by atoms with E-state index in [-0.39, 0.29) is 24.2 Å². The van der Waals surface area contributed by atoms with Crippen LogP contribution in [-0.4, -0.2) is 18.4 Å². The molecule has 1 heterocycles. The number of amides is 2. The predicted molar refractivity (Wildman–Crippen MR) is 120 cm³/mol. The summed E-state index contributed by atoms with van der Waals surface area (Å²) in [7, 11) is 0. The maximum absolute atomic E-state index is 12.9. The monoisotopic (exact) mass is 396 g/mol. The van der Waals surface area contributed by atoms with Gasteiger partial charge in [0.25, 0.3) is 0 Å². The van der Waals surface area contributed by atoms with E-state index in [4.69, 9.17) is 0 Å². The zero-order valence-corrected chi connectivity index (χ0v) is 17.2. The van der Waals surface area contributed by atoms with Gasteiger partial charge in [0.05, 0.1) is 5.92 Å². The summed E-state index contributed by atoms with van der Waals surface area (Å²) >= 11 is 0. The topological polar surface area (TPSA) is 49.4 Å². The lowest BCUT2D eigenvalue weighted by Gasteiger charge is -2.19. The molecule has 2 aliphatic rings. The maximum atomic E-state index is 12.9. The number of aryl methyl sites for hydroxylation is 2. The van der Waals surface area contributed by atoms with Crippen LogP contribution in [0.15, 0.2) is 60.7 Å². The maximum Gasteiger partial charge on any atom is 0.229 e. The fourth-order valence-corrected chi connectivity index (χ4v) is 4.59. The molecule has 0 saturated carbocycles. The molecule has 5 rings (SSSR count). The molecule has 2 amide bonds. The second kappa shape index (κ2) is 7.13. The van der Waals surface area contributed by atoms with Crippen molar-refractivity contribution < 1.29 is 9.59 Å². The minimum atomic E-state index is -0.345. The Balaban J connectivity index is 1.31. The van der Waals surface area contributed by atoms with Crippen LogP contribution < -0.4 is 10.2 Å². The molecule has 0 bridgehead atoms. The molecule has 4 nitrogen and oxygen atoms in total. The fourth-order valence-electron chi connectivity index (χ4n) is 4.59. The van der Waals surface area contributed by atoms with Gasteiger partial charge in [0.2, 0.25) is 11.8 Å². The molecule has 150 valence electrons. The Morgan fingerprint density at radius 1 is 0.967 bits per heavy atom. The van der Waals surface area contributed by atoms with Crippen LogP contribution in [0.25, 0.3) is 11.1 Å². The highest BCUT2D eigenvalue weighted by Gasteiger charge is 2.35. The van der Waals surface area contributed by atoms with Crippen LogP contribution in [0.4, 0.5) is 11.4 Å². The first-order valence-electron chi connectivity index (χ1n) is 10.4. The largest absolute Gasteiger partial charge is 0.326 e. The number of hydrogen-bond acceptors (Lipinski definition) is 2. The smallest absolute Gasteiger partial charge is 0.229 e. The van der Waals surface area contributed by atoms with Crippen LogP contribution in [0, 0.1) is 19.8 Å². The van der Waals surface area contributed by atoms with Crippen molar-refractivity contribution >= 4 is 23.2 Å². The zero-order chi connectivity index (χ0) is 20.8. The molecule has 0 radical (unpaired) electrons. The highest BCUT2D eigenvalue weighted by molar-refractivity contribution is 6.04. The van der Waals surface area contributed by atoms with Crippen LogP contribution >= 0.6 is 0 Å². The predicted octanol–water partition coefficient (Wildman–Crippen LogP) is 4.87. The van der Waals surface area contributed by atoms with Gasteiger partial charge < -0.3 is 10.2 Å². The van der Waals surface area contributed by atoms with E-state index < -0.39 is 0 Å². The summed E-state index contributed by atoms with van der Waals surface area (Å²) in [6, 6.07) is 20.6. The zero-order valence-electron chi connectivity index (χ0n) is 17.2. The van der Waals surface area contributed by atoms with Gasteiger partial charge in [-0.15, -0.1) is 0 Å². The summed E-state index contributed by atoms with van der Waals surface area (Å²) in [5.41, 5.74) is 8.92. The fraction of sp³-hybridized carbons (Fsp3) is 0.231. The summed E-state index contributed by atoms with van der Waals surface area (Å²) < 4.78 is 0. The molecule has 1 unspecified atom stereocenters. The van der Waals surface area contributed by atoms with E-state index in [1.165, 1.54) is 22.3 Å². The average molecular weight is 396 g/mol. The number of carbonyl (C=O) groups is 2. The first-order chi connectivity index (χ1) is 14.5. The van der Waals surface area contributed by atoms with Crippen molar-refractivity contribution in [1.82, 2.24) is 0 Å². The van der Waals surface area contributed by atoms with E-state index in [2.05, 4.69) is 41.7 Å². The van der Waals surface area contributed by atoms with Crippen LogP contribution in [0.1, 0.15) is 28.7 Å². The van der Waals surface area contributed by atoms with Crippen molar-refractivity contribution in [3.8, 4) is 11.1 Å². The Morgan fingerprint density at radius 2 is 1.77 bits per heavy atom. The quantitative estimate of drug-likeness (QED) is 0.537. The number of benzene rings is 3. The highest BCUT2D eigenvalue weighted by atomic mass is 16.2. The lowest BCUT2D eigenvalue weighted by atomic mass is 10.0. The van der Waals surface area contributed by atoms with Gasteiger partial charge in [-0.3, -0.25) is 9.59 Å². The summed E-state index contributed by atoms with van der Waals surface area (Å²) in [5, 5.41) is 3.04. The molecule has 1 N–H and O–H groups in total. The molecule has 1 saturated heterocycles. The molecule has 1 atom stereocenters. The summed E-state index contributed by atoms with van der Waals surface area (Å²) in [5.74, 6) is -0.428. The number of anilines is 2. The number of fused-ring (bicyclic) bond motifs is 3. The first-order valence-corrected chi connectivity index (χ1v) is 10.4. The van der Waals surface area contributed by atoms with Crippen LogP contribution in [0.3, 0.4) is 0 Å². The van der Waals surface area contributed by atoms with Gasteiger partial charge in [-0.2, -0.15) is 0 Å². The normalized spacial score (nSPS) is 17.1. The van der Waals surface area contributed by atoms with Crippen molar-refractivity contribution in [2.24, 2.45) is 5.92 Å². The van der Waals surface area contributed by atoms with Crippen molar-refractivity contribution in [1.29, 1.82) is 0 Å². The summed E-state index contributed by atoms with van der Waals surface area (Å²) in [6.45, 7) is 4.43. The molecule has 1 aliphatic carbocycles. The van der Waals surface area contributed by atoms with Crippen molar-refractivity contribution in [3.05, 3.63) is 82.9 Å². The SMILES string of the molecule is Cc1ccc(C)c(N2CC(C(=O)Nc3ccc4c(c3)Cc3ccccc3-4)CC2=O)c1. The molecular formula is C26H24N2O2. The minimum Gasteiger partial charge on any atom is -0.326 e. The van der Waals surface area contributed by atoms with E-state index in [1.54, 1.807) is 4.90 Å². The Kier molecular flexibility index (Phi) is 4.43. The van der Waals surface area contributed by atoms with Gasteiger partial charge >= 0.3 is 0 Å². The molecule has 1 aliphatic heterocycles. The molecule has 1 fully saturated rings. The average Bonchev–Trinajstić information content (AvgIpc) is 3.30. The van der Waals surface area contributed by atoms with Crippen LogP contribution in [0.2, 0.25) is 0 Å². The summed E-state index contributed by atoms with van der Waals surface area (Å²) in [4.78, 5) is 27.3. The lowest BCUT2D eigenvalue weighted by Crippen LogP contribution is -2.28. The Morgan fingerprint density at radius 3 is 2.63 bits per heavy atom. The second-order valence-corrected chi connectivity index (χ2v) is 8.39. The van der Waals surface area contributed by atoms with E-state index >= 15 is 0 Å². The van der Waals surface area contributed by atoms with Crippen molar-refractivity contribution in [2.75, 3.05) is 16.8 Å². The van der Waals surface area contributed by atoms with Crippen molar-refractivity contribution in [3.63, 3.8) is 0 Å². The Bertz CT molecular complexity index is 1180. The van der Waals surface area contributed by atoms with Gasteiger partial charge in [0.1, 0.15) is 0 Å². The van der Waals surface area contributed by atoms with E-state index in [0.29, 0.717) is 6.54 Å². The van der Waals surface area contributed by atoms with E-state index in [0.717, 1.165) is 28.9 Å². The third-order valence-electron chi connectivity index (χ3n) is 6.21. The van der Waals surface area contributed by atoms with Gasteiger partial charge in [-0.25, -0.2) is 0 Å². The molecule has 4 heteroatoms. The van der Waals surface area contributed by atoms with Crippen molar-refractivity contribution in [2.45, 2.75) is 26.7 Å². The number of rotatable bonds is 3. The van der Waals surface area contributed by atoms with Gasteiger partial charge in [0, 0.05) is 24.3 Å². The Labute approximate surface area is 176 Å². The molecule has 30 heavy (non-hydrogen) atoms. The standard InChI is InChI=1S/C26H24N2O2/c1-16-7-8-17(2)24(11-16)28-15-20(14-25(28)29)26(30)27-21-9-10-23-19(13-21)12-18-5-3-4-6-22(18)23/h3-11,13,20H,12,14-15H2,1-2H3,(H,27,30). The third kappa shape index (κ3) is 3.18. The number of hydrogen-bond donors (Lipinski definition) is 1. The molecule has 0 spiro atoms. The second-order valence-electron chi connectivity index (χ2n) is 8.39. The lowest BCUT2D eigenvalue weighted by molar-refractivity contribution is -0.122.